The van der Waals surface area contributed by atoms with Gasteiger partial charge in [-0.1, -0.05) is 98.8 Å². The Labute approximate surface area is 241 Å². The summed E-state index contributed by atoms with van der Waals surface area (Å²) in [5.74, 6) is 0.533. The summed E-state index contributed by atoms with van der Waals surface area (Å²) in [5, 5.41) is 3.13. The second-order valence-electron chi connectivity index (χ2n) is 10.8. The molecule has 7 nitrogen and oxygen atoms in total. The van der Waals surface area contributed by atoms with Crippen molar-refractivity contribution in [1.29, 1.82) is 0 Å². The van der Waals surface area contributed by atoms with Gasteiger partial charge >= 0.3 is 0 Å². The van der Waals surface area contributed by atoms with Crippen LogP contribution in [0, 0.1) is 5.92 Å². The molecule has 1 aromatic heterocycles. The Morgan fingerprint density at radius 2 is 1.82 bits per heavy atom. The van der Waals surface area contributed by atoms with E-state index in [4.69, 9.17) is 17.3 Å². The van der Waals surface area contributed by atoms with Crippen molar-refractivity contribution in [3.05, 3.63) is 88.0 Å². The minimum absolute atomic E-state index is 0.154. The zero-order valence-electron chi connectivity index (χ0n) is 23.2. The first-order valence-electron chi connectivity index (χ1n) is 14.3. The number of amides is 2. The van der Waals surface area contributed by atoms with Crippen molar-refractivity contribution in [1.82, 2.24) is 14.9 Å². The lowest BCUT2D eigenvalue weighted by Gasteiger charge is -2.26. The molecule has 2 amide bonds. The number of carbonyl (C=O) groups excluding carboxylic acids is 3. The Hall–Kier alpha value is -3.45. The molecule has 40 heavy (non-hydrogen) atoms. The molecule has 2 aromatic carbocycles. The number of benzene rings is 2. The van der Waals surface area contributed by atoms with Gasteiger partial charge in [-0.3, -0.25) is 14.4 Å². The van der Waals surface area contributed by atoms with Gasteiger partial charge < -0.3 is 15.6 Å². The number of halogens is 1. The van der Waals surface area contributed by atoms with Crippen LogP contribution < -0.4 is 11.1 Å². The lowest BCUT2D eigenvalue weighted by Crippen LogP contribution is -2.38. The van der Waals surface area contributed by atoms with Crippen LogP contribution in [0.25, 0.3) is 0 Å². The van der Waals surface area contributed by atoms with Crippen molar-refractivity contribution >= 4 is 29.7 Å². The number of imidazole rings is 1. The van der Waals surface area contributed by atoms with Crippen LogP contribution in [0.3, 0.4) is 0 Å². The fourth-order valence-corrected chi connectivity index (χ4v) is 6.08. The molecule has 3 N–H and O–H groups in total. The third-order valence-corrected chi connectivity index (χ3v) is 8.26. The Balaban J connectivity index is 1.48. The molecule has 0 spiro atoms. The second kappa shape index (κ2) is 14.3. The van der Waals surface area contributed by atoms with E-state index in [0.29, 0.717) is 24.2 Å². The summed E-state index contributed by atoms with van der Waals surface area (Å²) in [7, 11) is 0. The molecule has 3 aromatic rings. The number of nitrogens with one attached hydrogen (secondary N) is 1. The predicted octanol–water partition coefficient (Wildman–Crippen LogP) is 6.14. The normalized spacial score (nSPS) is 18.1. The van der Waals surface area contributed by atoms with Gasteiger partial charge in [-0.05, 0) is 47.8 Å². The highest BCUT2D eigenvalue weighted by atomic mass is 35.5. The molecule has 0 aliphatic heterocycles. The van der Waals surface area contributed by atoms with Crippen molar-refractivity contribution in [2.24, 2.45) is 11.7 Å². The lowest BCUT2D eigenvalue weighted by atomic mass is 9.80. The third-order valence-electron chi connectivity index (χ3n) is 7.98. The summed E-state index contributed by atoms with van der Waals surface area (Å²) in [4.78, 5) is 41.4. The quantitative estimate of drug-likeness (QED) is 0.204. The number of hydrogen-bond acceptors (Lipinski definition) is 4. The number of rotatable bonds is 12. The SMILES string of the molecule is CCCCc1nc(Cl)c(C=O)n1Cc1ccc(C2CCCCCC2CC(=O)NC(C(N)=O)c2ccccc2)cc1. The third kappa shape index (κ3) is 7.39. The first kappa shape index (κ1) is 29.5. The molecule has 1 aliphatic carbocycles. The number of carbonyl (C=O) groups is 3. The number of aryl methyl sites for hydroxylation is 1. The topological polar surface area (TPSA) is 107 Å². The molecule has 1 heterocycles. The van der Waals surface area contributed by atoms with Gasteiger partial charge in [-0.25, -0.2) is 4.98 Å². The van der Waals surface area contributed by atoms with Crippen LogP contribution in [0.2, 0.25) is 5.15 Å². The minimum atomic E-state index is -0.840. The molecule has 212 valence electrons. The molecular formula is C32H39ClN4O3. The zero-order chi connectivity index (χ0) is 28.5. The highest BCUT2D eigenvalue weighted by Gasteiger charge is 2.29. The lowest BCUT2D eigenvalue weighted by molar-refractivity contribution is -0.128. The summed E-state index contributed by atoms with van der Waals surface area (Å²) >= 11 is 6.26. The molecule has 8 heteroatoms. The zero-order valence-corrected chi connectivity index (χ0v) is 23.9. The predicted molar refractivity (Wildman–Crippen MR) is 157 cm³/mol. The van der Waals surface area contributed by atoms with Gasteiger partial charge in [0.25, 0.3) is 0 Å². The number of aromatic nitrogens is 2. The van der Waals surface area contributed by atoms with Gasteiger partial charge in [0.05, 0.1) is 0 Å². The molecule has 0 radical (unpaired) electrons. The van der Waals surface area contributed by atoms with E-state index in [2.05, 4.69) is 41.5 Å². The first-order valence-corrected chi connectivity index (χ1v) is 14.7. The van der Waals surface area contributed by atoms with Crippen molar-refractivity contribution in [2.45, 2.75) is 83.2 Å². The fraction of sp³-hybridized carbons (Fsp3) is 0.438. The summed E-state index contributed by atoms with van der Waals surface area (Å²) in [6, 6.07) is 16.8. The Morgan fingerprint density at radius 3 is 2.50 bits per heavy atom. The molecule has 1 saturated carbocycles. The number of nitrogens with two attached hydrogens (primary N) is 1. The maximum absolute atomic E-state index is 13.1. The molecule has 4 rings (SSSR count). The number of nitrogens with zero attached hydrogens (tertiary/aromatic N) is 2. The molecule has 0 saturated heterocycles. The van der Waals surface area contributed by atoms with Gasteiger partial charge in [0.2, 0.25) is 11.8 Å². The van der Waals surface area contributed by atoms with Gasteiger partial charge in [-0.15, -0.1) is 0 Å². The fourth-order valence-electron chi connectivity index (χ4n) is 5.84. The van der Waals surface area contributed by atoms with Crippen LogP contribution in [0.1, 0.15) is 103 Å². The number of aldehydes is 1. The average Bonchev–Trinajstić information content (AvgIpc) is 3.09. The molecular weight excluding hydrogens is 524 g/mol. The Bertz CT molecular complexity index is 1290. The van der Waals surface area contributed by atoms with Crippen molar-refractivity contribution in [3.63, 3.8) is 0 Å². The minimum Gasteiger partial charge on any atom is -0.368 e. The number of hydrogen-bond donors (Lipinski definition) is 2. The van der Waals surface area contributed by atoms with E-state index in [1.165, 1.54) is 5.56 Å². The van der Waals surface area contributed by atoms with Crippen molar-refractivity contribution in [3.8, 4) is 0 Å². The van der Waals surface area contributed by atoms with Gasteiger partial charge in [-0.2, -0.15) is 0 Å². The van der Waals surface area contributed by atoms with E-state index < -0.39 is 11.9 Å². The van der Waals surface area contributed by atoms with Crippen molar-refractivity contribution in [2.75, 3.05) is 0 Å². The molecule has 0 bridgehead atoms. The van der Waals surface area contributed by atoms with Gasteiger partial charge in [0.1, 0.15) is 17.6 Å². The van der Waals surface area contributed by atoms with Crippen LogP contribution >= 0.6 is 11.6 Å². The summed E-state index contributed by atoms with van der Waals surface area (Å²) < 4.78 is 1.92. The van der Waals surface area contributed by atoms with Crippen LogP contribution in [-0.4, -0.2) is 27.7 Å². The Morgan fingerprint density at radius 1 is 1.10 bits per heavy atom. The molecule has 1 fully saturated rings. The maximum atomic E-state index is 13.1. The monoisotopic (exact) mass is 562 g/mol. The van der Waals surface area contributed by atoms with E-state index in [1.807, 2.05) is 22.8 Å². The summed E-state index contributed by atoms with van der Waals surface area (Å²) in [6.07, 6.45) is 9.24. The van der Waals surface area contributed by atoms with Gasteiger partial charge in [0, 0.05) is 19.4 Å². The smallest absolute Gasteiger partial charge is 0.244 e. The van der Waals surface area contributed by atoms with Gasteiger partial charge in [0.15, 0.2) is 11.4 Å². The van der Waals surface area contributed by atoms with Crippen LogP contribution in [0.15, 0.2) is 54.6 Å². The number of unbranched alkanes of at least 4 members (excludes halogenated alkanes) is 1. The summed E-state index contributed by atoms with van der Waals surface area (Å²) in [6.45, 7) is 2.65. The van der Waals surface area contributed by atoms with E-state index in [-0.39, 0.29) is 22.9 Å². The van der Waals surface area contributed by atoms with Crippen LogP contribution in [0.4, 0.5) is 0 Å². The largest absolute Gasteiger partial charge is 0.368 e. The van der Waals surface area contributed by atoms with Crippen LogP contribution in [0.5, 0.6) is 0 Å². The Kier molecular flexibility index (Phi) is 10.5. The van der Waals surface area contributed by atoms with E-state index in [1.54, 1.807) is 12.1 Å². The molecule has 3 atom stereocenters. The first-order chi connectivity index (χ1) is 19.4. The van der Waals surface area contributed by atoms with E-state index >= 15 is 0 Å². The second-order valence-corrected chi connectivity index (χ2v) is 11.1. The molecule has 1 aliphatic rings. The standard InChI is InChI=1S/C32H39ClN4O3/c1-2-3-14-28-35-31(33)27(21-38)37(28)20-22-15-17-23(18-16-22)26-13-9-5-8-12-25(26)19-29(39)36-30(32(34)40)24-10-6-4-7-11-24/h4,6-7,10-11,15-18,21,25-26,30H,2-3,5,8-9,12-14,19-20H2,1H3,(H2,34,40)(H,36,39). The van der Waals surface area contributed by atoms with E-state index in [0.717, 1.165) is 69.0 Å². The van der Waals surface area contributed by atoms with Crippen molar-refractivity contribution < 1.29 is 14.4 Å². The highest BCUT2D eigenvalue weighted by molar-refractivity contribution is 6.31. The highest BCUT2D eigenvalue weighted by Crippen LogP contribution is 2.39. The van der Waals surface area contributed by atoms with Crippen LogP contribution in [-0.2, 0) is 22.6 Å². The van der Waals surface area contributed by atoms with E-state index in [9.17, 15) is 14.4 Å². The molecule has 3 unspecified atom stereocenters. The number of primary amides is 1. The maximum Gasteiger partial charge on any atom is 0.244 e. The average molecular weight is 563 g/mol. The summed E-state index contributed by atoms with van der Waals surface area (Å²) in [5.41, 5.74) is 9.00.